The SMILES string of the molecule is COCC(COc1ccc2c(c1)CC[C]=C2)OC. The summed E-state index contributed by atoms with van der Waals surface area (Å²) in [7, 11) is 3.33. The Morgan fingerprint density at radius 3 is 2.94 bits per heavy atom. The average Bonchev–Trinajstić information content (AvgIpc) is 2.43. The molecule has 1 aromatic rings. The van der Waals surface area contributed by atoms with E-state index in [0.717, 1.165) is 18.6 Å². The third kappa shape index (κ3) is 3.34. The van der Waals surface area contributed by atoms with Crippen molar-refractivity contribution < 1.29 is 14.2 Å². The Hall–Kier alpha value is -1.32. The van der Waals surface area contributed by atoms with Gasteiger partial charge in [0.2, 0.25) is 0 Å². The van der Waals surface area contributed by atoms with Crippen molar-refractivity contribution in [1.29, 1.82) is 0 Å². The zero-order valence-electron chi connectivity index (χ0n) is 10.9. The number of ether oxygens (including phenoxy) is 3. The normalized spacial score (nSPS) is 15.2. The summed E-state index contributed by atoms with van der Waals surface area (Å²) in [6.45, 7) is 1.05. The first-order chi connectivity index (χ1) is 8.83. The van der Waals surface area contributed by atoms with Crippen LogP contribution in [-0.2, 0) is 15.9 Å². The lowest BCUT2D eigenvalue weighted by atomic mass is 9.97. The van der Waals surface area contributed by atoms with E-state index in [0.29, 0.717) is 13.2 Å². The van der Waals surface area contributed by atoms with Crippen molar-refractivity contribution in [2.75, 3.05) is 27.4 Å². The van der Waals surface area contributed by atoms with E-state index in [1.54, 1.807) is 14.2 Å². The number of allylic oxidation sites excluding steroid dienone is 1. The molecule has 1 aliphatic carbocycles. The summed E-state index contributed by atoms with van der Waals surface area (Å²) >= 11 is 0. The molecule has 0 bridgehead atoms. The molecule has 0 aromatic heterocycles. The van der Waals surface area contributed by atoms with Crippen LogP contribution in [0.15, 0.2) is 18.2 Å². The molecule has 97 valence electrons. The average molecular weight is 247 g/mol. The quantitative estimate of drug-likeness (QED) is 0.773. The van der Waals surface area contributed by atoms with Gasteiger partial charge in [0.05, 0.1) is 6.61 Å². The number of rotatable bonds is 6. The predicted molar refractivity (Wildman–Crippen MR) is 70.6 cm³/mol. The van der Waals surface area contributed by atoms with Crippen LogP contribution in [0, 0.1) is 6.08 Å². The molecule has 0 saturated heterocycles. The summed E-state index contributed by atoms with van der Waals surface area (Å²) in [5.74, 6) is 0.891. The highest BCUT2D eigenvalue weighted by Gasteiger charge is 2.10. The first-order valence-corrected chi connectivity index (χ1v) is 6.17. The molecule has 0 spiro atoms. The molecule has 18 heavy (non-hydrogen) atoms. The Balaban J connectivity index is 1.95. The monoisotopic (exact) mass is 247 g/mol. The molecule has 1 radical (unpaired) electrons. The second kappa shape index (κ2) is 6.57. The molecule has 1 aliphatic rings. The van der Waals surface area contributed by atoms with Gasteiger partial charge in [-0.25, -0.2) is 0 Å². The summed E-state index contributed by atoms with van der Waals surface area (Å²) in [4.78, 5) is 0. The second-order valence-corrected chi connectivity index (χ2v) is 4.33. The summed E-state index contributed by atoms with van der Waals surface area (Å²) in [6, 6.07) is 6.17. The zero-order chi connectivity index (χ0) is 12.8. The summed E-state index contributed by atoms with van der Waals surface area (Å²) in [6.07, 6.45) is 7.28. The summed E-state index contributed by atoms with van der Waals surface area (Å²) in [5, 5.41) is 0. The van der Waals surface area contributed by atoms with Crippen LogP contribution in [0.1, 0.15) is 17.5 Å². The second-order valence-electron chi connectivity index (χ2n) is 4.33. The standard InChI is InChI=1S/C15H19O3/c1-16-10-15(17-2)11-18-14-8-7-12-5-3-4-6-13(12)9-14/h5,7-9,15H,4,6,10-11H2,1-2H3. The third-order valence-corrected chi connectivity index (χ3v) is 3.03. The highest BCUT2D eigenvalue weighted by Crippen LogP contribution is 2.23. The highest BCUT2D eigenvalue weighted by molar-refractivity contribution is 5.56. The van der Waals surface area contributed by atoms with Crippen molar-refractivity contribution in [2.24, 2.45) is 0 Å². The van der Waals surface area contributed by atoms with Crippen molar-refractivity contribution in [1.82, 2.24) is 0 Å². The lowest BCUT2D eigenvalue weighted by Crippen LogP contribution is -2.25. The maximum Gasteiger partial charge on any atom is 0.119 e. The van der Waals surface area contributed by atoms with E-state index in [4.69, 9.17) is 14.2 Å². The number of aryl methyl sites for hydroxylation is 1. The van der Waals surface area contributed by atoms with Gasteiger partial charge in [-0.3, -0.25) is 0 Å². The molecule has 3 heteroatoms. The fraction of sp³-hybridized carbons (Fsp3) is 0.467. The first kappa shape index (κ1) is 13.1. The van der Waals surface area contributed by atoms with E-state index in [1.807, 2.05) is 12.1 Å². The van der Waals surface area contributed by atoms with E-state index in [9.17, 15) is 0 Å². The first-order valence-electron chi connectivity index (χ1n) is 6.17. The molecule has 0 heterocycles. The minimum atomic E-state index is -0.0285. The van der Waals surface area contributed by atoms with Gasteiger partial charge in [0.25, 0.3) is 0 Å². The Labute approximate surface area is 108 Å². The molecule has 3 nitrogen and oxygen atoms in total. The molecule has 1 aromatic carbocycles. The molecular weight excluding hydrogens is 228 g/mol. The fourth-order valence-electron chi connectivity index (χ4n) is 1.98. The number of fused-ring (bicyclic) bond motifs is 1. The number of hydrogen-bond acceptors (Lipinski definition) is 3. The van der Waals surface area contributed by atoms with Crippen LogP contribution in [0.2, 0.25) is 0 Å². The molecule has 0 fully saturated rings. The minimum Gasteiger partial charge on any atom is -0.491 e. The van der Waals surface area contributed by atoms with Crippen LogP contribution in [0.3, 0.4) is 0 Å². The topological polar surface area (TPSA) is 27.7 Å². The van der Waals surface area contributed by atoms with Gasteiger partial charge in [0.15, 0.2) is 0 Å². The number of hydrogen-bond donors (Lipinski definition) is 0. The Morgan fingerprint density at radius 2 is 2.17 bits per heavy atom. The van der Waals surface area contributed by atoms with Gasteiger partial charge in [0, 0.05) is 14.2 Å². The van der Waals surface area contributed by atoms with Crippen LogP contribution >= 0.6 is 0 Å². The smallest absolute Gasteiger partial charge is 0.119 e. The van der Waals surface area contributed by atoms with Crippen molar-refractivity contribution in [3.63, 3.8) is 0 Å². The van der Waals surface area contributed by atoms with Gasteiger partial charge in [-0.1, -0.05) is 12.1 Å². The summed E-state index contributed by atoms with van der Waals surface area (Å²) in [5.41, 5.74) is 2.57. The molecule has 0 aliphatic heterocycles. The lowest BCUT2D eigenvalue weighted by Gasteiger charge is -2.17. The third-order valence-electron chi connectivity index (χ3n) is 3.03. The van der Waals surface area contributed by atoms with Crippen molar-refractivity contribution in [2.45, 2.75) is 18.9 Å². The van der Waals surface area contributed by atoms with Gasteiger partial charge in [-0.05, 0) is 42.2 Å². The Bertz CT molecular complexity index is 412. The Morgan fingerprint density at radius 1 is 1.28 bits per heavy atom. The number of benzene rings is 1. The molecule has 0 N–H and O–H groups in total. The fourth-order valence-corrected chi connectivity index (χ4v) is 1.98. The van der Waals surface area contributed by atoms with E-state index >= 15 is 0 Å². The summed E-state index contributed by atoms with van der Waals surface area (Å²) < 4.78 is 16.1. The molecule has 1 atom stereocenters. The van der Waals surface area contributed by atoms with Crippen molar-refractivity contribution >= 4 is 6.08 Å². The van der Waals surface area contributed by atoms with E-state index < -0.39 is 0 Å². The Kier molecular flexibility index (Phi) is 4.79. The van der Waals surface area contributed by atoms with E-state index in [-0.39, 0.29) is 6.10 Å². The number of methoxy groups -OCH3 is 2. The highest BCUT2D eigenvalue weighted by atomic mass is 16.5. The largest absolute Gasteiger partial charge is 0.491 e. The van der Waals surface area contributed by atoms with Crippen LogP contribution in [0.25, 0.3) is 6.08 Å². The van der Waals surface area contributed by atoms with Gasteiger partial charge in [-0.2, -0.15) is 0 Å². The van der Waals surface area contributed by atoms with Crippen LogP contribution < -0.4 is 4.74 Å². The van der Waals surface area contributed by atoms with E-state index in [1.165, 1.54) is 11.1 Å². The van der Waals surface area contributed by atoms with Gasteiger partial charge < -0.3 is 14.2 Å². The van der Waals surface area contributed by atoms with Crippen LogP contribution in [0.5, 0.6) is 5.75 Å². The molecule has 0 saturated carbocycles. The molecule has 1 unspecified atom stereocenters. The van der Waals surface area contributed by atoms with Crippen LogP contribution in [-0.4, -0.2) is 33.5 Å². The van der Waals surface area contributed by atoms with Gasteiger partial charge in [0.1, 0.15) is 18.5 Å². The predicted octanol–water partition coefficient (Wildman–Crippen LogP) is 2.49. The minimum absolute atomic E-state index is 0.0285. The van der Waals surface area contributed by atoms with Gasteiger partial charge in [-0.15, -0.1) is 0 Å². The molecular formula is C15H19O3. The molecule has 2 rings (SSSR count). The van der Waals surface area contributed by atoms with Crippen molar-refractivity contribution in [3.05, 3.63) is 35.4 Å². The van der Waals surface area contributed by atoms with E-state index in [2.05, 4.69) is 18.2 Å². The zero-order valence-corrected chi connectivity index (χ0v) is 10.9. The molecule has 0 amide bonds. The maximum absolute atomic E-state index is 5.74. The van der Waals surface area contributed by atoms with Crippen molar-refractivity contribution in [3.8, 4) is 5.75 Å². The van der Waals surface area contributed by atoms with Crippen LogP contribution in [0.4, 0.5) is 0 Å². The van der Waals surface area contributed by atoms with Gasteiger partial charge >= 0.3 is 0 Å². The lowest BCUT2D eigenvalue weighted by molar-refractivity contribution is 0.000862. The maximum atomic E-state index is 5.74.